The standard InChI is InChI=1S/C16H16F2O/c1-11-9-15(18)6-3-12(11)10-16(2,19)13-4-7-14(17)8-5-13/h3-9,19H,10H2,1-2H3. The van der Waals surface area contributed by atoms with Crippen LogP contribution in [0.3, 0.4) is 0 Å². The summed E-state index contributed by atoms with van der Waals surface area (Å²) in [6.45, 7) is 3.47. The van der Waals surface area contributed by atoms with E-state index in [1.54, 1.807) is 32.0 Å². The van der Waals surface area contributed by atoms with E-state index >= 15 is 0 Å². The Morgan fingerprint density at radius 3 is 2.16 bits per heavy atom. The summed E-state index contributed by atoms with van der Waals surface area (Å²) in [6.07, 6.45) is 0.352. The summed E-state index contributed by atoms with van der Waals surface area (Å²) in [7, 11) is 0. The molecule has 0 bridgehead atoms. The molecule has 100 valence electrons. The molecule has 0 fully saturated rings. The smallest absolute Gasteiger partial charge is 0.123 e. The van der Waals surface area contributed by atoms with Crippen LogP contribution in [0.2, 0.25) is 0 Å². The van der Waals surface area contributed by atoms with Gasteiger partial charge in [-0.1, -0.05) is 18.2 Å². The van der Waals surface area contributed by atoms with E-state index in [4.69, 9.17) is 0 Å². The van der Waals surface area contributed by atoms with Crippen molar-refractivity contribution in [2.45, 2.75) is 25.9 Å². The van der Waals surface area contributed by atoms with Gasteiger partial charge in [-0.25, -0.2) is 8.78 Å². The molecule has 1 nitrogen and oxygen atoms in total. The first-order chi connectivity index (χ1) is 8.88. The van der Waals surface area contributed by atoms with Crippen molar-refractivity contribution in [3.05, 3.63) is 70.8 Å². The first-order valence-electron chi connectivity index (χ1n) is 6.12. The van der Waals surface area contributed by atoms with Gasteiger partial charge in [-0.3, -0.25) is 0 Å². The Labute approximate surface area is 111 Å². The maximum atomic E-state index is 13.0. The topological polar surface area (TPSA) is 20.2 Å². The minimum absolute atomic E-state index is 0.289. The van der Waals surface area contributed by atoms with Gasteiger partial charge in [-0.15, -0.1) is 0 Å². The Hall–Kier alpha value is -1.74. The zero-order valence-corrected chi connectivity index (χ0v) is 11.0. The zero-order chi connectivity index (χ0) is 14.0. The second kappa shape index (κ2) is 5.10. The predicted molar refractivity (Wildman–Crippen MR) is 70.8 cm³/mol. The fourth-order valence-corrected chi connectivity index (χ4v) is 2.14. The predicted octanol–water partition coefficient (Wildman–Crippen LogP) is 3.72. The van der Waals surface area contributed by atoms with E-state index in [-0.39, 0.29) is 11.6 Å². The van der Waals surface area contributed by atoms with Crippen molar-refractivity contribution in [1.29, 1.82) is 0 Å². The lowest BCUT2D eigenvalue weighted by Gasteiger charge is -2.25. The van der Waals surface area contributed by atoms with Crippen LogP contribution < -0.4 is 0 Å². The molecule has 1 N–H and O–H groups in total. The van der Waals surface area contributed by atoms with E-state index in [9.17, 15) is 13.9 Å². The second-order valence-corrected chi connectivity index (χ2v) is 5.03. The molecule has 2 aromatic carbocycles. The lowest BCUT2D eigenvalue weighted by Crippen LogP contribution is -2.24. The number of hydrogen-bond donors (Lipinski definition) is 1. The fourth-order valence-electron chi connectivity index (χ4n) is 2.14. The Morgan fingerprint density at radius 2 is 1.58 bits per heavy atom. The molecule has 1 atom stereocenters. The number of benzene rings is 2. The van der Waals surface area contributed by atoms with Crippen molar-refractivity contribution < 1.29 is 13.9 Å². The van der Waals surface area contributed by atoms with Crippen LogP contribution in [-0.2, 0) is 12.0 Å². The monoisotopic (exact) mass is 262 g/mol. The lowest BCUT2D eigenvalue weighted by atomic mass is 9.87. The molecule has 0 heterocycles. The maximum Gasteiger partial charge on any atom is 0.123 e. The molecule has 2 rings (SSSR count). The SMILES string of the molecule is Cc1cc(F)ccc1CC(C)(O)c1ccc(F)cc1. The van der Waals surface area contributed by atoms with E-state index in [0.29, 0.717) is 12.0 Å². The number of aryl methyl sites for hydroxylation is 1. The quantitative estimate of drug-likeness (QED) is 0.893. The van der Waals surface area contributed by atoms with Crippen LogP contribution in [0, 0.1) is 18.6 Å². The molecule has 0 aliphatic heterocycles. The van der Waals surface area contributed by atoms with Crippen molar-refractivity contribution in [2.24, 2.45) is 0 Å². The number of rotatable bonds is 3. The van der Waals surface area contributed by atoms with Gasteiger partial charge in [0.25, 0.3) is 0 Å². The molecule has 0 spiro atoms. The summed E-state index contributed by atoms with van der Waals surface area (Å²) in [5, 5.41) is 10.5. The van der Waals surface area contributed by atoms with E-state index in [1.165, 1.54) is 24.3 Å². The van der Waals surface area contributed by atoms with Crippen LogP contribution in [0.4, 0.5) is 8.78 Å². The van der Waals surface area contributed by atoms with Gasteiger partial charge < -0.3 is 5.11 Å². The van der Waals surface area contributed by atoms with Crippen molar-refractivity contribution >= 4 is 0 Å². The van der Waals surface area contributed by atoms with E-state index < -0.39 is 5.60 Å². The van der Waals surface area contributed by atoms with Crippen molar-refractivity contribution in [3.8, 4) is 0 Å². The Morgan fingerprint density at radius 1 is 1.00 bits per heavy atom. The summed E-state index contributed by atoms with van der Waals surface area (Å²) in [5.41, 5.74) is 1.19. The summed E-state index contributed by atoms with van der Waals surface area (Å²) < 4.78 is 25.9. The van der Waals surface area contributed by atoms with E-state index in [1.807, 2.05) is 0 Å². The number of aliphatic hydroxyl groups is 1. The Balaban J connectivity index is 2.27. The molecule has 0 saturated carbocycles. The molecule has 2 aromatic rings. The van der Waals surface area contributed by atoms with Gasteiger partial charge in [0.2, 0.25) is 0 Å². The second-order valence-electron chi connectivity index (χ2n) is 5.03. The highest BCUT2D eigenvalue weighted by Gasteiger charge is 2.24. The summed E-state index contributed by atoms with van der Waals surface area (Å²) in [5.74, 6) is -0.625. The fraction of sp³-hybridized carbons (Fsp3) is 0.250. The number of hydrogen-bond acceptors (Lipinski definition) is 1. The summed E-state index contributed by atoms with van der Waals surface area (Å²) >= 11 is 0. The average Bonchev–Trinajstić information content (AvgIpc) is 2.33. The molecule has 0 saturated heterocycles. The largest absolute Gasteiger partial charge is 0.385 e. The minimum atomic E-state index is -1.11. The third-order valence-electron chi connectivity index (χ3n) is 3.31. The molecule has 0 aliphatic rings. The van der Waals surface area contributed by atoms with Crippen molar-refractivity contribution in [1.82, 2.24) is 0 Å². The molecule has 0 aliphatic carbocycles. The average molecular weight is 262 g/mol. The van der Waals surface area contributed by atoms with E-state index in [0.717, 1.165) is 11.1 Å². The summed E-state index contributed by atoms with van der Waals surface area (Å²) in [4.78, 5) is 0. The van der Waals surface area contributed by atoms with Gasteiger partial charge in [0.15, 0.2) is 0 Å². The Bertz CT molecular complexity index is 574. The van der Waals surface area contributed by atoms with Crippen LogP contribution in [-0.4, -0.2) is 5.11 Å². The third-order valence-corrected chi connectivity index (χ3v) is 3.31. The Kier molecular flexibility index (Phi) is 3.67. The van der Waals surface area contributed by atoms with Gasteiger partial charge in [0.05, 0.1) is 5.60 Å². The molecular weight excluding hydrogens is 246 g/mol. The minimum Gasteiger partial charge on any atom is -0.385 e. The molecule has 19 heavy (non-hydrogen) atoms. The van der Waals surface area contributed by atoms with Crippen molar-refractivity contribution in [3.63, 3.8) is 0 Å². The van der Waals surface area contributed by atoms with Gasteiger partial charge in [0, 0.05) is 6.42 Å². The van der Waals surface area contributed by atoms with E-state index in [2.05, 4.69) is 0 Å². The summed E-state index contributed by atoms with van der Waals surface area (Å²) in [6, 6.07) is 10.3. The first-order valence-corrected chi connectivity index (χ1v) is 6.12. The van der Waals surface area contributed by atoms with Crippen molar-refractivity contribution in [2.75, 3.05) is 0 Å². The zero-order valence-electron chi connectivity index (χ0n) is 11.0. The van der Waals surface area contributed by atoms with Crippen LogP contribution in [0.15, 0.2) is 42.5 Å². The van der Waals surface area contributed by atoms with Gasteiger partial charge >= 0.3 is 0 Å². The van der Waals surface area contributed by atoms with Gasteiger partial charge in [-0.2, -0.15) is 0 Å². The third kappa shape index (κ3) is 3.18. The molecule has 0 aromatic heterocycles. The molecule has 3 heteroatoms. The van der Waals surface area contributed by atoms with Crippen LogP contribution in [0.1, 0.15) is 23.6 Å². The van der Waals surface area contributed by atoms with Crippen LogP contribution in [0.5, 0.6) is 0 Å². The highest BCUT2D eigenvalue weighted by Crippen LogP contribution is 2.27. The molecule has 0 amide bonds. The highest BCUT2D eigenvalue weighted by molar-refractivity contribution is 5.31. The lowest BCUT2D eigenvalue weighted by molar-refractivity contribution is 0.0574. The highest BCUT2D eigenvalue weighted by atomic mass is 19.1. The molecule has 1 unspecified atom stereocenters. The van der Waals surface area contributed by atoms with Gasteiger partial charge in [0.1, 0.15) is 11.6 Å². The molecule has 0 radical (unpaired) electrons. The normalized spacial score (nSPS) is 14.2. The number of halogens is 2. The van der Waals surface area contributed by atoms with Gasteiger partial charge in [-0.05, 0) is 54.8 Å². The first kappa shape index (κ1) is 13.7. The van der Waals surface area contributed by atoms with Crippen LogP contribution >= 0.6 is 0 Å². The maximum absolute atomic E-state index is 13.0. The van der Waals surface area contributed by atoms with Crippen LogP contribution in [0.25, 0.3) is 0 Å². The molecular formula is C16H16F2O.